The van der Waals surface area contributed by atoms with E-state index in [2.05, 4.69) is 39.1 Å². The quantitative estimate of drug-likeness (QED) is 0.778. The van der Waals surface area contributed by atoms with Crippen molar-refractivity contribution in [1.82, 2.24) is 5.32 Å². The molecule has 0 radical (unpaired) electrons. The maximum absolute atomic E-state index is 6.06. The SMILES string of the molecule is CC(C)CNCC(C)C(C)c1ccc(Cl)c(Cl)c1. The fourth-order valence-corrected chi connectivity index (χ4v) is 2.21. The molecule has 2 unspecified atom stereocenters. The van der Waals surface area contributed by atoms with Crippen LogP contribution in [0.5, 0.6) is 0 Å². The van der Waals surface area contributed by atoms with Gasteiger partial charge < -0.3 is 5.32 Å². The van der Waals surface area contributed by atoms with Crippen LogP contribution in [0.2, 0.25) is 10.0 Å². The second-order valence-electron chi connectivity index (χ2n) is 5.49. The molecule has 0 saturated heterocycles. The van der Waals surface area contributed by atoms with Gasteiger partial charge in [0, 0.05) is 0 Å². The average molecular weight is 288 g/mol. The summed E-state index contributed by atoms with van der Waals surface area (Å²) >= 11 is 12.0. The number of benzene rings is 1. The molecule has 0 aromatic heterocycles. The van der Waals surface area contributed by atoms with Gasteiger partial charge in [-0.3, -0.25) is 0 Å². The predicted molar refractivity (Wildman–Crippen MR) is 81.7 cm³/mol. The zero-order chi connectivity index (χ0) is 13.7. The molecular weight excluding hydrogens is 265 g/mol. The third kappa shape index (κ3) is 4.79. The number of nitrogens with one attached hydrogen (secondary N) is 1. The first-order valence-electron chi connectivity index (χ1n) is 6.57. The molecule has 1 aromatic rings. The Hall–Kier alpha value is -0.240. The van der Waals surface area contributed by atoms with Crippen molar-refractivity contribution >= 4 is 23.2 Å². The van der Waals surface area contributed by atoms with Gasteiger partial charge in [0.05, 0.1) is 10.0 Å². The van der Waals surface area contributed by atoms with Crippen LogP contribution >= 0.6 is 23.2 Å². The van der Waals surface area contributed by atoms with E-state index in [-0.39, 0.29) is 0 Å². The first-order chi connectivity index (χ1) is 8.41. The smallest absolute Gasteiger partial charge is 0.0595 e. The Morgan fingerprint density at radius 3 is 2.22 bits per heavy atom. The molecule has 0 heterocycles. The maximum atomic E-state index is 6.06. The molecule has 0 spiro atoms. The molecule has 102 valence electrons. The highest BCUT2D eigenvalue weighted by molar-refractivity contribution is 6.42. The van der Waals surface area contributed by atoms with Crippen molar-refractivity contribution in [2.24, 2.45) is 11.8 Å². The molecule has 0 aliphatic rings. The van der Waals surface area contributed by atoms with Crippen LogP contribution in [0.3, 0.4) is 0 Å². The van der Waals surface area contributed by atoms with E-state index < -0.39 is 0 Å². The standard InChI is InChI=1S/C15H23Cl2N/c1-10(2)8-18-9-11(3)12(4)13-5-6-14(16)15(17)7-13/h5-7,10-12,18H,8-9H2,1-4H3. The van der Waals surface area contributed by atoms with Crippen molar-refractivity contribution in [3.8, 4) is 0 Å². The lowest BCUT2D eigenvalue weighted by Crippen LogP contribution is -2.27. The van der Waals surface area contributed by atoms with E-state index in [0.717, 1.165) is 13.1 Å². The van der Waals surface area contributed by atoms with Gasteiger partial charge in [-0.1, -0.05) is 57.0 Å². The molecular formula is C15H23Cl2N. The van der Waals surface area contributed by atoms with Crippen LogP contribution in [0.25, 0.3) is 0 Å². The number of hydrogen-bond acceptors (Lipinski definition) is 1. The summed E-state index contributed by atoms with van der Waals surface area (Å²) < 4.78 is 0. The van der Waals surface area contributed by atoms with Gasteiger partial charge in [-0.25, -0.2) is 0 Å². The second-order valence-corrected chi connectivity index (χ2v) is 6.31. The van der Waals surface area contributed by atoms with E-state index in [1.54, 1.807) is 0 Å². The van der Waals surface area contributed by atoms with E-state index in [1.807, 2.05) is 12.1 Å². The Balaban J connectivity index is 2.56. The largest absolute Gasteiger partial charge is 0.316 e. The zero-order valence-corrected chi connectivity index (χ0v) is 13.1. The predicted octanol–water partition coefficient (Wildman–Crippen LogP) is 4.98. The summed E-state index contributed by atoms with van der Waals surface area (Å²) in [5.74, 6) is 1.73. The molecule has 0 fully saturated rings. The number of rotatable bonds is 6. The lowest BCUT2D eigenvalue weighted by molar-refractivity contribution is 0.428. The Morgan fingerprint density at radius 2 is 1.67 bits per heavy atom. The second kappa shape index (κ2) is 7.37. The van der Waals surface area contributed by atoms with Gasteiger partial charge in [-0.05, 0) is 48.5 Å². The summed E-state index contributed by atoms with van der Waals surface area (Å²) in [6.07, 6.45) is 0. The molecule has 1 aromatic carbocycles. The van der Waals surface area contributed by atoms with Gasteiger partial charge in [-0.15, -0.1) is 0 Å². The molecule has 2 atom stereocenters. The summed E-state index contributed by atoms with van der Waals surface area (Å²) in [4.78, 5) is 0. The Kier molecular flexibility index (Phi) is 6.48. The van der Waals surface area contributed by atoms with Gasteiger partial charge in [-0.2, -0.15) is 0 Å². The van der Waals surface area contributed by atoms with Crippen molar-refractivity contribution in [1.29, 1.82) is 0 Å². The van der Waals surface area contributed by atoms with Gasteiger partial charge in [0.1, 0.15) is 0 Å². The van der Waals surface area contributed by atoms with Gasteiger partial charge in [0.25, 0.3) is 0 Å². The first kappa shape index (κ1) is 15.8. The number of halogens is 2. The van der Waals surface area contributed by atoms with Crippen LogP contribution < -0.4 is 5.32 Å². The van der Waals surface area contributed by atoms with Gasteiger partial charge in [0.15, 0.2) is 0 Å². The molecule has 18 heavy (non-hydrogen) atoms. The fourth-order valence-electron chi connectivity index (χ4n) is 1.90. The third-order valence-electron chi connectivity index (χ3n) is 3.34. The summed E-state index contributed by atoms with van der Waals surface area (Å²) in [7, 11) is 0. The minimum atomic E-state index is 0.472. The molecule has 1 N–H and O–H groups in total. The van der Waals surface area contributed by atoms with Gasteiger partial charge in [0.2, 0.25) is 0 Å². The van der Waals surface area contributed by atoms with Crippen LogP contribution in [0.15, 0.2) is 18.2 Å². The molecule has 0 amide bonds. The van der Waals surface area contributed by atoms with Crippen molar-refractivity contribution in [3.05, 3.63) is 33.8 Å². The average Bonchev–Trinajstić information content (AvgIpc) is 2.31. The normalized spacial score (nSPS) is 14.8. The van der Waals surface area contributed by atoms with Gasteiger partial charge >= 0.3 is 0 Å². The van der Waals surface area contributed by atoms with Crippen LogP contribution in [-0.4, -0.2) is 13.1 Å². The molecule has 1 nitrogen and oxygen atoms in total. The van der Waals surface area contributed by atoms with E-state index in [4.69, 9.17) is 23.2 Å². The molecule has 0 aliphatic carbocycles. The zero-order valence-electron chi connectivity index (χ0n) is 11.6. The Labute approximate surface area is 121 Å². The Morgan fingerprint density at radius 1 is 1.00 bits per heavy atom. The molecule has 1 rings (SSSR count). The minimum absolute atomic E-state index is 0.472. The topological polar surface area (TPSA) is 12.0 Å². The Bertz CT molecular complexity index is 377. The highest BCUT2D eigenvalue weighted by Gasteiger charge is 2.15. The number of hydrogen-bond donors (Lipinski definition) is 1. The molecule has 0 bridgehead atoms. The van der Waals surface area contributed by atoms with Crippen molar-refractivity contribution in [2.75, 3.05) is 13.1 Å². The third-order valence-corrected chi connectivity index (χ3v) is 4.08. The fraction of sp³-hybridized carbons (Fsp3) is 0.600. The lowest BCUT2D eigenvalue weighted by Gasteiger charge is -2.21. The maximum Gasteiger partial charge on any atom is 0.0595 e. The van der Waals surface area contributed by atoms with E-state index in [0.29, 0.717) is 27.8 Å². The summed E-state index contributed by atoms with van der Waals surface area (Å²) in [6.45, 7) is 11.0. The van der Waals surface area contributed by atoms with E-state index in [9.17, 15) is 0 Å². The first-order valence-corrected chi connectivity index (χ1v) is 7.33. The lowest BCUT2D eigenvalue weighted by atomic mass is 9.89. The van der Waals surface area contributed by atoms with Crippen LogP contribution in [0, 0.1) is 11.8 Å². The monoisotopic (exact) mass is 287 g/mol. The van der Waals surface area contributed by atoms with Crippen molar-refractivity contribution in [2.45, 2.75) is 33.6 Å². The molecule has 0 aliphatic heterocycles. The molecule has 3 heteroatoms. The van der Waals surface area contributed by atoms with Crippen LogP contribution in [0.4, 0.5) is 0 Å². The van der Waals surface area contributed by atoms with Crippen LogP contribution in [-0.2, 0) is 0 Å². The highest BCUT2D eigenvalue weighted by Crippen LogP contribution is 2.29. The summed E-state index contributed by atoms with van der Waals surface area (Å²) in [5, 5.41) is 4.77. The van der Waals surface area contributed by atoms with Crippen molar-refractivity contribution < 1.29 is 0 Å². The van der Waals surface area contributed by atoms with Crippen LogP contribution in [0.1, 0.15) is 39.2 Å². The highest BCUT2D eigenvalue weighted by atomic mass is 35.5. The van der Waals surface area contributed by atoms with Crippen molar-refractivity contribution in [3.63, 3.8) is 0 Å². The summed E-state index contributed by atoms with van der Waals surface area (Å²) in [5.41, 5.74) is 1.25. The van der Waals surface area contributed by atoms with E-state index >= 15 is 0 Å². The summed E-state index contributed by atoms with van der Waals surface area (Å²) in [6, 6.07) is 5.93. The minimum Gasteiger partial charge on any atom is -0.316 e. The van der Waals surface area contributed by atoms with E-state index in [1.165, 1.54) is 5.56 Å². The molecule has 0 saturated carbocycles.